The zero-order valence-corrected chi connectivity index (χ0v) is 12.0. The first-order valence-corrected chi connectivity index (χ1v) is 7.10. The maximum Gasteiger partial charge on any atom is 0.207 e. The molecule has 2 aromatic rings. The van der Waals surface area contributed by atoms with Crippen molar-refractivity contribution in [2.75, 3.05) is 0 Å². The summed E-state index contributed by atoms with van der Waals surface area (Å²) in [5, 5.41) is 10.3. The summed E-state index contributed by atoms with van der Waals surface area (Å²) in [4.78, 5) is 0. The molecule has 2 nitrogen and oxygen atoms in total. The Morgan fingerprint density at radius 1 is 1.32 bits per heavy atom. The highest BCUT2D eigenvalue weighted by Crippen LogP contribution is 2.29. The molecule has 0 aliphatic carbocycles. The summed E-state index contributed by atoms with van der Waals surface area (Å²) >= 11 is 0. The van der Waals surface area contributed by atoms with Crippen LogP contribution in [0, 0.1) is 17.2 Å². The van der Waals surface area contributed by atoms with Gasteiger partial charge in [0.05, 0.1) is 0 Å². The Balaban J connectivity index is 2.46. The number of hydrogen-bond donors (Lipinski definition) is 0. The number of fused-ring (bicyclic) bond motifs is 1. The number of benzene rings is 1. The van der Waals surface area contributed by atoms with Crippen molar-refractivity contribution in [1.29, 1.82) is 5.26 Å². The number of unbranched alkanes of at least 4 members (excludes halogenated alkanes) is 1. The molecule has 1 aromatic heterocycles. The van der Waals surface area contributed by atoms with Gasteiger partial charge in [-0.05, 0) is 42.9 Å². The molecular weight excluding hydrogens is 234 g/mol. The molecule has 0 radical (unpaired) electrons. The third-order valence-electron chi connectivity index (χ3n) is 3.39. The second-order valence-electron chi connectivity index (χ2n) is 5.55. The Hall–Kier alpha value is -1.75. The number of nitrogens with zero attached hydrogens (tertiary/aromatic N) is 1. The van der Waals surface area contributed by atoms with Crippen molar-refractivity contribution in [2.24, 2.45) is 5.92 Å². The molecule has 19 heavy (non-hydrogen) atoms. The molecular formula is C17H21NO. The molecule has 0 aliphatic heterocycles. The maximum absolute atomic E-state index is 9.20. The molecule has 1 heterocycles. The van der Waals surface area contributed by atoms with Crippen LogP contribution in [0.2, 0.25) is 0 Å². The van der Waals surface area contributed by atoms with Gasteiger partial charge in [0.25, 0.3) is 0 Å². The van der Waals surface area contributed by atoms with Gasteiger partial charge in [-0.25, -0.2) is 0 Å². The Morgan fingerprint density at radius 3 is 2.74 bits per heavy atom. The molecule has 2 rings (SSSR count). The predicted molar refractivity (Wildman–Crippen MR) is 78.1 cm³/mol. The number of furan rings is 1. The Kier molecular flexibility index (Phi) is 4.27. The van der Waals surface area contributed by atoms with Gasteiger partial charge < -0.3 is 4.42 Å². The lowest BCUT2D eigenvalue weighted by Gasteiger charge is -2.04. The van der Waals surface area contributed by atoms with Crippen LogP contribution in [0.25, 0.3) is 11.0 Å². The fourth-order valence-electron chi connectivity index (χ4n) is 2.43. The molecule has 0 aliphatic rings. The summed E-state index contributed by atoms with van der Waals surface area (Å²) in [6, 6.07) is 8.51. The van der Waals surface area contributed by atoms with E-state index in [0.717, 1.165) is 29.4 Å². The van der Waals surface area contributed by atoms with Crippen LogP contribution in [0.1, 0.15) is 50.5 Å². The van der Waals surface area contributed by atoms with Crippen molar-refractivity contribution >= 4 is 11.0 Å². The van der Waals surface area contributed by atoms with Crippen molar-refractivity contribution in [3.8, 4) is 6.07 Å². The molecule has 1 aromatic carbocycles. The topological polar surface area (TPSA) is 36.9 Å². The Labute approximate surface area is 115 Å². The van der Waals surface area contributed by atoms with Crippen LogP contribution in [0.15, 0.2) is 22.6 Å². The van der Waals surface area contributed by atoms with Crippen LogP contribution in [0.3, 0.4) is 0 Å². The Bertz CT molecular complexity index is 601. The lowest BCUT2D eigenvalue weighted by molar-refractivity contribution is 0.579. The minimum absolute atomic E-state index is 0.483. The fourth-order valence-corrected chi connectivity index (χ4v) is 2.43. The first-order valence-electron chi connectivity index (χ1n) is 7.10. The van der Waals surface area contributed by atoms with Gasteiger partial charge in [-0.3, -0.25) is 0 Å². The van der Waals surface area contributed by atoms with Crippen molar-refractivity contribution in [3.63, 3.8) is 0 Å². The van der Waals surface area contributed by atoms with Crippen molar-refractivity contribution in [1.82, 2.24) is 0 Å². The summed E-state index contributed by atoms with van der Waals surface area (Å²) in [6.07, 6.45) is 4.40. The van der Waals surface area contributed by atoms with E-state index < -0.39 is 0 Å². The van der Waals surface area contributed by atoms with Gasteiger partial charge in [0.1, 0.15) is 11.7 Å². The van der Waals surface area contributed by atoms with Crippen LogP contribution in [0.5, 0.6) is 0 Å². The van der Waals surface area contributed by atoms with E-state index in [9.17, 15) is 5.26 Å². The van der Waals surface area contributed by atoms with Crippen LogP contribution < -0.4 is 0 Å². The van der Waals surface area contributed by atoms with Gasteiger partial charge in [-0.1, -0.05) is 33.3 Å². The smallest absolute Gasteiger partial charge is 0.207 e. The first-order chi connectivity index (χ1) is 9.15. The second kappa shape index (κ2) is 5.93. The van der Waals surface area contributed by atoms with Gasteiger partial charge in [-0.15, -0.1) is 0 Å². The fraction of sp³-hybridized carbons (Fsp3) is 0.471. The molecule has 2 heteroatoms. The zero-order chi connectivity index (χ0) is 13.8. The highest BCUT2D eigenvalue weighted by Gasteiger charge is 2.15. The largest absolute Gasteiger partial charge is 0.445 e. The van der Waals surface area contributed by atoms with Gasteiger partial charge in [-0.2, -0.15) is 5.26 Å². The molecule has 0 spiro atoms. The summed E-state index contributed by atoms with van der Waals surface area (Å²) in [6.45, 7) is 6.54. The van der Waals surface area contributed by atoms with E-state index in [-0.39, 0.29) is 0 Å². The van der Waals surface area contributed by atoms with Crippen molar-refractivity contribution in [3.05, 3.63) is 35.1 Å². The van der Waals surface area contributed by atoms with E-state index in [4.69, 9.17) is 4.42 Å². The van der Waals surface area contributed by atoms with Gasteiger partial charge in [0, 0.05) is 10.9 Å². The lowest BCUT2D eigenvalue weighted by Crippen LogP contribution is -1.95. The molecule has 100 valence electrons. The Morgan fingerprint density at radius 2 is 2.11 bits per heavy atom. The second-order valence-corrected chi connectivity index (χ2v) is 5.55. The molecule has 0 bridgehead atoms. The van der Waals surface area contributed by atoms with E-state index in [1.807, 2.05) is 6.07 Å². The predicted octanol–water partition coefficient (Wildman–Crippen LogP) is 4.85. The standard InChI is InChI=1S/C17H21NO/c1-4-5-6-13-7-8-16-15(10-13)14(9-12(2)3)17(11-18)19-16/h7-8,10,12H,4-6,9H2,1-3H3. The van der Waals surface area contributed by atoms with E-state index >= 15 is 0 Å². The van der Waals surface area contributed by atoms with E-state index in [2.05, 4.69) is 39.0 Å². The normalized spacial score (nSPS) is 11.1. The molecule has 0 unspecified atom stereocenters. The van der Waals surface area contributed by atoms with Crippen LogP contribution in [-0.2, 0) is 12.8 Å². The molecule has 0 saturated heterocycles. The minimum atomic E-state index is 0.483. The first kappa shape index (κ1) is 13.7. The van der Waals surface area contributed by atoms with E-state index in [1.165, 1.54) is 18.4 Å². The summed E-state index contributed by atoms with van der Waals surface area (Å²) in [5.74, 6) is 1.00. The van der Waals surface area contributed by atoms with Crippen LogP contribution in [0.4, 0.5) is 0 Å². The summed E-state index contributed by atoms with van der Waals surface area (Å²) < 4.78 is 5.65. The SMILES string of the molecule is CCCCc1ccc2oc(C#N)c(CC(C)C)c2c1. The quantitative estimate of drug-likeness (QED) is 0.766. The number of hydrogen-bond acceptors (Lipinski definition) is 2. The maximum atomic E-state index is 9.20. The monoisotopic (exact) mass is 255 g/mol. The third-order valence-corrected chi connectivity index (χ3v) is 3.39. The highest BCUT2D eigenvalue weighted by atomic mass is 16.3. The molecule has 0 N–H and O–H groups in total. The van der Waals surface area contributed by atoms with Crippen molar-refractivity contribution in [2.45, 2.75) is 46.5 Å². The molecule has 0 amide bonds. The number of aryl methyl sites for hydroxylation is 1. The number of nitriles is 1. The number of rotatable bonds is 5. The molecule has 0 fully saturated rings. The minimum Gasteiger partial charge on any atom is -0.445 e. The zero-order valence-electron chi connectivity index (χ0n) is 12.0. The van der Waals surface area contributed by atoms with Gasteiger partial charge >= 0.3 is 0 Å². The van der Waals surface area contributed by atoms with Gasteiger partial charge in [0.15, 0.2) is 0 Å². The summed E-state index contributed by atoms with van der Waals surface area (Å²) in [5.41, 5.74) is 3.25. The lowest BCUT2D eigenvalue weighted by atomic mass is 9.98. The average molecular weight is 255 g/mol. The van der Waals surface area contributed by atoms with Crippen molar-refractivity contribution < 1.29 is 4.42 Å². The van der Waals surface area contributed by atoms with E-state index in [1.54, 1.807) is 0 Å². The molecule has 0 saturated carbocycles. The van der Waals surface area contributed by atoms with E-state index in [0.29, 0.717) is 11.7 Å². The highest BCUT2D eigenvalue weighted by molar-refractivity contribution is 5.84. The van der Waals surface area contributed by atoms with Gasteiger partial charge in [0.2, 0.25) is 5.76 Å². The van der Waals surface area contributed by atoms with Crippen LogP contribution >= 0.6 is 0 Å². The summed E-state index contributed by atoms with van der Waals surface area (Å²) in [7, 11) is 0. The average Bonchev–Trinajstić information content (AvgIpc) is 2.73. The molecule has 0 atom stereocenters. The third kappa shape index (κ3) is 2.98. The van der Waals surface area contributed by atoms with Crippen LogP contribution in [-0.4, -0.2) is 0 Å².